The van der Waals surface area contributed by atoms with Crippen molar-refractivity contribution in [1.82, 2.24) is 5.32 Å². The van der Waals surface area contributed by atoms with E-state index in [1.807, 2.05) is 18.2 Å². The van der Waals surface area contributed by atoms with Gasteiger partial charge < -0.3 is 10.1 Å². The highest BCUT2D eigenvalue weighted by Crippen LogP contribution is 2.09. The Morgan fingerprint density at radius 2 is 2.00 bits per heavy atom. The normalized spacial score (nSPS) is 10.8. The molecule has 0 heterocycles. The molecule has 0 aliphatic rings. The molecular formula is C16H25NO. The number of rotatable bonds is 9. The van der Waals surface area contributed by atoms with Gasteiger partial charge in [0.15, 0.2) is 0 Å². The number of nitrogens with one attached hydrogen (secondary N) is 1. The second kappa shape index (κ2) is 8.90. The van der Waals surface area contributed by atoms with Crippen molar-refractivity contribution in [3.05, 3.63) is 42.5 Å². The lowest BCUT2D eigenvalue weighted by molar-refractivity contribution is 0.108. The summed E-state index contributed by atoms with van der Waals surface area (Å²) in [5, 5.41) is 3.39. The molecule has 0 radical (unpaired) electrons. The van der Waals surface area contributed by atoms with Crippen molar-refractivity contribution in [2.45, 2.75) is 20.3 Å². The maximum absolute atomic E-state index is 5.52. The number of ether oxygens (including phenoxy) is 1. The van der Waals surface area contributed by atoms with Gasteiger partial charge in [-0.15, -0.1) is 0 Å². The standard InChI is InChI=1S/C16H25NO/c1-14(2)13-18-11-7-10-17-12-15(3)16-8-5-4-6-9-16/h4-6,8-9,14,17H,3,7,10-13H2,1-2H3. The van der Waals surface area contributed by atoms with E-state index in [-0.39, 0.29) is 0 Å². The van der Waals surface area contributed by atoms with Crippen LogP contribution in [-0.2, 0) is 4.74 Å². The molecule has 0 spiro atoms. The minimum absolute atomic E-state index is 0.621. The average molecular weight is 247 g/mol. The van der Waals surface area contributed by atoms with E-state index in [1.165, 1.54) is 5.56 Å². The maximum Gasteiger partial charge on any atom is 0.0489 e. The molecule has 0 saturated carbocycles. The Balaban J connectivity index is 2.03. The van der Waals surface area contributed by atoms with Gasteiger partial charge in [-0.3, -0.25) is 0 Å². The summed E-state index contributed by atoms with van der Waals surface area (Å²) in [4.78, 5) is 0. The molecule has 2 nitrogen and oxygen atoms in total. The summed E-state index contributed by atoms with van der Waals surface area (Å²) < 4.78 is 5.52. The first-order chi connectivity index (χ1) is 8.70. The zero-order valence-electron chi connectivity index (χ0n) is 11.6. The van der Waals surface area contributed by atoms with Gasteiger partial charge in [0.05, 0.1) is 0 Å². The van der Waals surface area contributed by atoms with Gasteiger partial charge in [-0.25, -0.2) is 0 Å². The minimum Gasteiger partial charge on any atom is -0.381 e. The predicted octanol–water partition coefficient (Wildman–Crippen LogP) is 3.35. The Kier molecular flexibility index (Phi) is 7.38. The summed E-state index contributed by atoms with van der Waals surface area (Å²) in [5.41, 5.74) is 2.35. The molecule has 1 N–H and O–H groups in total. The molecule has 0 atom stereocenters. The zero-order chi connectivity index (χ0) is 13.2. The Morgan fingerprint density at radius 3 is 2.67 bits per heavy atom. The Bertz CT molecular complexity index is 332. The van der Waals surface area contributed by atoms with Crippen LogP contribution in [0.25, 0.3) is 5.57 Å². The molecule has 0 fully saturated rings. The summed E-state index contributed by atoms with van der Waals surface area (Å²) in [6.07, 6.45) is 1.05. The van der Waals surface area contributed by atoms with Gasteiger partial charge in [0.1, 0.15) is 0 Å². The topological polar surface area (TPSA) is 21.3 Å². The van der Waals surface area contributed by atoms with E-state index in [1.54, 1.807) is 0 Å². The largest absolute Gasteiger partial charge is 0.381 e. The van der Waals surface area contributed by atoms with Crippen molar-refractivity contribution < 1.29 is 4.74 Å². The highest BCUT2D eigenvalue weighted by molar-refractivity contribution is 5.64. The van der Waals surface area contributed by atoms with Gasteiger partial charge in [0.25, 0.3) is 0 Å². The molecule has 0 aliphatic carbocycles. The van der Waals surface area contributed by atoms with E-state index < -0.39 is 0 Å². The van der Waals surface area contributed by atoms with Crippen molar-refractivity contribution in [3.63, 3.8) is 0 Å². The van der Waals surface area contributed by atoms with Gasteiger partial charge in [0.2, 0.25) is 0 Å². The van der Waals surface area contributed by atoms with Crippen LogP contribution < -0.4 is 5.32 Å². The molecule has 0 unspecified atom stereocenters. The second-order valence-corrected chi connectivity index (χ2v) is 4.97. The molecule has 2 heteroatoms. The second-order valence-electron chi connectivity index (χ2n) is 4.97. The summed E-state index contributed by atoms with van der Waals surface area (Å²) in [6, 6.07) is 10.3. The first-order valence-electron chi connectivity index (χ1n) is 6.72. The van der Waals surface area contributed by atoms with Gasteiger partial charge in [0, 0.05) is 19.8 Å². The molecule has 1 aromatic rings. The molecule has 18 heavy (non-hydrogen) atoms. The minimum atomic E-state index is 0.621. The summed E-state index contributed by atoms with van der Waals surface area (Å²) >= 11 is 0. The molecule has 100 valence electrons. The fourth-order valence-corrected chi connectivity index (χ4v) is 1.63. The van der Waals surface area contributed by atoms with Crippen LogP contribution in [0.5, 0.6) is 0 Å². The third-order valence-corrected chi connectivity index (χ3v) is 2.61. The monoisotopic (exact) mass is 247 g/mol. The molecule has 0 saturated heterocycles. The van der Waals surface area contributed by atoms with E-state index >= 15 is 0 Å². The number of hydrogen-bond acceptors (Lipinski definition) is 2. The third-order valence-electron chi connectivity index (χ3n) is 2.61. The van der Waals surface area contributed by atoms with Crippen LogP contribution in [0.2, 0.25) is 0 Å². The average Bonchev–Trinajstić information content (AvgIpc) is 2.38. The molecule has 0 amide bonds. The summed E-state index contributed by atoms with van der Waals surface area (Å²) in [7, 11) is 0. The third kappa shape index (κ3) is 6.58. The lowest BCUT2D eigenvalue weighted by atomic mass is 10.1. The summed E-state index contributed by atoms with van der Waals surface area (Å²) in [5.74, 6) is 0.621. The lowest BCUT2D eigenvalue weighted by Crippen LogP contribution is -2.19. The van der Waals surface area contributed by atoms with Gasteiger partial charge in [-0.05, 0) is 30.0 Å². The van der Waals surface area contributed by atoms with Crippen molar-refractivity contribution >= 4 is 5.57 Å². The van der Waals surface area contributed by atoms with Crippen molar-refractivity contribution in [3.8, 4) is 0 Å². The quantitative estimate of drug-likeness (QED) is 0.676. The highest BCUT2D eigenvalue weighted by atomic mass is 16.5. The Hall–Kier alpha value is -1.12. The van der Waals surface area contributed by atoms with Crippen molar-refractivity contribution in [2.24, 2.45) is 5.92 Å². The SMILES string of the molecule is C=C(CNCCCOCC(C)C)c1ccccc1. The van der Waals surface area contributed by atoms with Crippen LogP contribution >= 0.6 is 0 Å². The first-order valence-corrected chi connectivity index (χ1v) is 6.72. The maximum atomic E-state index is 5.52. The van der Waals surface area contributed by atoms with E-state index in [2.05, 4.69) is 37.9 Å². The van der Waals surface area contributed by atoms with Crippen LogP contribution in [0.1, 0.15) is 25.8 Å². The van der Waals surface area contributed by atoms with Crippen LogP contribution in [0, 0.1) is 5.92 Å². The highest BCUT2D eigenvalue weighted by Gasteiger charge is 1.97. The van der Waals surface area contributed by atoms with E-state index in [0.717, 1.165) is 38.3 Å². The summed E-state index contributed by atoms with van der Waals surface area (Å²) in [6.45, 7) is 11.9. The van der Waals surface area contributed by atoms with Crippen LogP contribution in [0.15, 0.2) is 36.9 Å². The molecule has 0 aromatic heterocycles. The van der Waals surface area contributed by atoms with E-state index in [9.17, 15) is 0 Å². The molecule has 1 rings (SSSR count). The Morgan fingerprint density at radius 1 is 1.28 bits per heavy atom. The van der Waals surface area contributed by atoms with Crippen LogP contribution in [-0.4, -0.2) is 26.3 Å². The predicted molar refractivity (Wildman–Crippen MR) is 78.6 cm³/mol. The molecular weight excluding hydrogens is 222 g/mol. The lowest BCUT2D eigenvalue weighted by Gasteiger charge is -2.09. The molecule has 0 bridgehead atoms. The van der Waals surface area contributed by atoms with Crippen LogP contribution in [0.4, 0.5) is 0 Å². The van der Waals surface area contributed by atoms with E-state index in [0.29, 0.717) is 5.92 Å². The smallest absolute Gasteiger partial charge is 0.0489 e. The fourth-order valence-electron chi connectivity index (χ4n) is 1.63. The van der Waals surface area contributed by atoms with Crippen molar-refractivity contribution in [1.29, 1.82) is 0 Å². The zero-order valence-corrected chi connectivity index (χ0v) is 11.6. The Labute approximate surface area is 111 Å². The number of hydrogen-bond donors (Lipinski definition) is 1. The fraction of sp³-hybridized carbons (Fsp3) is 0.500. The number of benzene rings is 1. The van der Waals surface area contributed by atoms with E-state index in [4.69, 9.17) is 4.74 Å². The molecule has 0 aliphatic heterocycles. The van der Waals surface area contributed by atoms with Gasteiger partial charge >= 0.3 is 0 Å². The van der Waals surface area contributed by atoms with Gasteiger partial charge in [-0.2, -0.15) is 0 Å². The van der Waals surface area contributed by atoms with Gasteiger partial charge in [-0.1, -0.05) is 50.8 Å². The first kappa shape index (κ1) is 14.9. The van der Waals surface area contributed by atoms with Crippen LogP contribution in [0.3, 0.4) is 0 Å². The van der Waals surface area contributed by atoms with Crippen molar-refractivity contribution in [2.75, 3.05) is 26.3 Å². The molecule has 1 aromatic carbocycles.